The molecule has 0 atom stereocenters. The fraction of sp³-hybridized carbons (Fsp3) is 0. The first kappa shape index (κ1) is 35.9. The maximum Gasteiger partial charge on any atom is 0.164 e. The molecule has 0 saturated carbocycles. The van der Waals surface area contributed by atoms with Crippen LogP contribution in [0.15, 0.2) is 229 Å². The smallest absolute Gasteiger partial charge is 0.164 e. The van der Waals surface area contributed by atoms with Gasteiger partial charge >= 0.3 is 0 Å². The van der Waals surface area contributed by atoms with E-state index in [1.54, 1.807) is 0 Å². The lowest BCUT2D eigenvalue weighted by Gasteiger charge is -2.10. The van der Waals surface area contributed by atoms with Crippen molar-refractivity contribution in [3.05, 3.63) is 224 Å². The van der Waals surface area contributed by atoms with E-state index < -0.39 is 0 Å². The van der Waals surface area contributed by atoms with Crippen molar-refractivity contribution >= 4 is 21.9 Å². The summed E-state index contributed by atoms with van der Waals surface area (Å²) in [5, 5.41) is 2.11. The van der Waals surface area contributed by atoms with E-state index in [4.69, 9.17) is 19.4 Å². The Bertz CT molecular complexity index is 3290. The minimum absolute atomic E-state index is 0.577. The van der Waals surface area contributed by atoms with Crippen molar-refractivity contribution in [2.45, 2.75) is 0 Å². The van der Waals surface area contributed by atoms with E-state index >= 15 is 0 Å². The second kappa shape index (κ2) is 15.5. The fourth-order valence-electron chi connectivity index (χ4n) is 8.19. The summed E-state index contributed by atoms with van der Waals surface area (Å²) in [4.78, 5) is 15.2. The van der Waals surface area contributed by atoms with Crippen LogP contribution in [0.5, 0.6) is 0 Å². The highest BCUT2D eigenvalue weighted by molar-refractivity contribution is 6.14. The molecule has 0 aliphatic heterocycles. The van der Waals surface area contributed by atoms with Gasteiger partial charge in [-0.3, -0.25) is 0 Å². The van der Waals surface area contributed by atoms with E-state index in [9.17, 15) is 0 Å². The molecule has 61 heavy (non-hydrogen) atoms. The Morgan fingerprint density at radius 2 is 0.574 bits per heavy atom. The molecule has 0 aliphatic rings. The highest BCUT2D eigenvalue weighted by atomic mass is 16.3. The molecule has 2 aromatic heterocycles. The molecule has 286 valence electrons. The predicted molar refractivity (Wildman–Crippen MR) is 251 cm³/mol. The Hall–Kier alpha value is -8.21. The van der Waals surface area contributed by atoms with Crippen LogP contribution in [0.25, 0.3) is 112 Å². The zero-order chi connectivity index (χ0) is 40.5. The highest BCUT2D eigenvalue weighted by Gasteiger charge is 2.18. The van der Waals surface area contributed by atoms with E-state index in [-0.39, 0.29) is 0 Å². The predicted octanol–water partition coefficient (Wildman–Crippen LogP) is 15.1. The molecule has 0 bridgehead atoms. The fourth-order valence-corrected chi connectivity index (χ4v) is 8.19. The van der Waals surface area contributed by atoms with Gasteiger partial charge in [-0.15, -0.1) is 0 Å². The Morgan fingerprint density at radius 3 is 1.05 bits per heavy atom. The topological polar surface area (TPSA) is 51.8 Å². The van der Waals surface area contributed by atoms with Crippen molar-refractivity contribution in [3.8, 4) is 89.8 Å². The number of aromatic nitrogens is 3. The summed E-state index contributed by atoms with van der Waals surface area (Å²) in [6.07, 6.45) is 0. The molecule has 0 spiro atoms. The second-order valence-corrected chi connectivity index (χ2v) is 15.2. The van der Waals surface area contributed by atoms with Gasteiger partial charge in [0.05, 0.1) is 0 Å². The van der Waals surface area contributed by atoms with Crippen molar-refractivity contribution in [3.63, 3.8) is 0 Å². The van der Waals surface area contributed by atoms with Crippen molar-refractivity contribution in [2.24, 2.45) is 0 Å². The summed E-state index contributed by atoms with van der Waals surface area (Å²) in [6, 6.07) is 78.2. The number of fused-ring (bicyclic) bond motifs is 3. The van der Waals surface area contributed by atoms with E-state index in [0.717, 1.165) is 72.0 Å². The molecule has 9 aromatic carbocycles. The Kier molecular flexibility index (Phi) is 9.14. The summed E-state index contributed by atoms with van der Waals surface area (Å²) < 4.78 is 6.78. The normalized spacial score (nSPS) is 11.3. The first-order chi connectivity index (χ1) is 30.2. The Labute approximate surface area is 354 Å². The van der Waals surface area contributed by atoms with Crippen LogP contribution in [-0.4, -0.2) is 15.0 Å². The first-order valence-corrected chi connectivity index (χ1v) is 20.5. The molecule has 4 heteroatoms. The highest BCUT2D eigenvalue weighted by Crippen LogP contribution is 2.42. The molecule has 0 N–H and O–H groups in total. The summed E-state index contributed by atoms with van der Waals surface area (Å²) >= 11 is 0. The minimum atomic E-state index is 0.577. The van der Waals surface area contributed by atoms with Crippen LogP contribution >= 0.6 is 0 Å². The average molecular weight is 780 g/mol. The maximum atomic E-state index is 6.78. The molecular weight excluding hydrogens is 743 g/mol. The summed E-state index contributed by atoms with van der Waals surface area (Å²) in [5.74, 6) is 1.79. The summed E-state index contributed by atoms with van der Waals surface area (Å²) in [7, 11) is 0. The van der Waals surface area contributed by atoms with Crippen LogP contribution < -0.4 is 0 Å². The van der Waals surface area contributed by atoms with Gasteiger partial charge in [0.1, 0.15) is 11.2 Å². The molecular formula is C57H37N3O. The van der Waals surface area contributed by atoms with Gasteiger partial charge in [-0.05, 0) is 79.9 Å². The maximum absolute atomic E-state index is 6.78. The Balaban J connectivity index is 0.993. The standard InChI is InChI=1S/C57H37N3O/c1-5-13-38(14-6-1)41-21-23-43(24-22-41)44-27-31-47(32-28-44)56-58-55(46-19-11-4-12-20-46)59-57(60-56)48-33-34-50-52(36-48)61-53-37-49(40-17-9-3-10-18-40)35-51(54(50)53)45-29-25-42(26-30-45)39-15-7-2-8-16-39/h1-37H. The van der Waals surface area contributed by atoms with E-state index in [2.05, 4.69) is 176 Å². The molecule has 11 aromatic rings. The van der Waals surface area contributed by atoms with E-state index in [0.29, 0.717) is 17.5 Å². The number of furan rings is 1. The number of nitrogens with zero attached hydrogens (tertiary/aromatic N) is 3. The van der Waals surface area contributed by atoms with Gasteiger partial charge in [-0.1, -0.05) is 200 Å². The third-order valence-corrected chi connectivity index (χ3v) is 11.4. The largest absolute Gasteiger partial charge is 0.456 e. The van der Waals surface area contributed by atoms with Gasteiger partial charge in [0.15, 0.2) is 17.5 Å². The van der Waals surface area contributed by atoms with Crippen LogP contribution in [0, 0.1) is 0 Å². The molecule has 0 amide bonds. The van der Waals surface area contributed by atoms with Gasteiger partial charge in [-0.2, -0.15) is 0 Å². The zero-order valence-corrected chi connectivity index (χ0v) is 33.1. The van der Waals surface area contributed by atoms with Crippen LogP contribution in [-0.2, 0) is 0 Å². The molecule has 0 saturated heterocycles. The van der Waals surface area contributed by atoms with Crippen molar-refractivity contribution in [1.82, 2.24) is 15.0 Å². The molecule has 0 unspecified atom stereocenters. The van der Waals surface area contributed by atoms with E-state index in [1.165, 1.54) is 22.3 Å². The molecule has 11 rings (SSSR count). The van der Waals surface area contributed by atoms with Gasteiger partial charge in [0, 0.05) is 27.5 Å². The van der Waals surface area contributed by atoms with Crippen LogP contribution in [0.2, 0.25) is 0 Å². The zero-order valence-electron chi connectivity index (χ0n) is 33.1. The number of benzene rings is 9. The van der Waals surface area contributed by atoms with Crippen LogP contribution in [0.3, 0.4) is 0 Å². The average Bonchev–Trinajstić information content (AvgIpc) is 3.73. The van der Waals surface area contributed by atoms with Gasteiger partial charge in [0.25, 0.3) is 0 Å². The number of hydrogen-bond acceptors (Lipinski definition) is 4. The minimum Gasteiger partial charge on any atom is -0.456 e. The molecule has 2 heterocycles. The van der Waals surface area contributed by atoms with Gasteiger partial charge in [-0.25, -0.2) is 15.0 Å². The quantitative estimate of drug-likeness (QED) is 0.154. The molecule has 4 nitrogen and oxygen atoms in total. The lowest BCUT2D eigenvalue weighted by atomic mass is 9.93. The van der Waals surface area contributed by atoms with E-state index in [1.807, 2.05) is 48.5 Å². The third-order valence-electron chi connectivity index (χ3n) is 11.4. The first-order valence-electron chi connectivity index (χ1n) is 20.5. The molecule has 0 aliphatic carbocycles. The monoisotopic (exact) mass is 779 g/mol. The summed E-state index contributed by atoms with van der Waals surface area (Å²) in [6.45, 7) is 0. The third kappa shape index (κ3) is 7.07. The molecule has 0 fully saturated rings. The van der Waals surface area contributed by atoms with Gasteiger partial charge in [0.2, 0.25) is 0 Å². The van der Waals surface area contributed by atoms with Gasteiger partial charge < -0.3 is 4.42 Å². The second-order valence-electron chi connectivity index (χ2n) is 15.2. The van der Waals surface area contributed by atoms with Crippen molar-refractivity contribution < 1.29 is 4.42 Å². The summed E-state index contributed by atoms with van der Waals surface area (Å²) in [5.41, 5.74) is 15.8. The van der Waals surface area contributed by atoms with Crippen LogP contribution in [0.1, 0.15) is 0 Å². The SMILES string of the molecule is c1ccc(-c2ccc(-c3ccc(-c4nc(-c5ccccc5)nc(-c5ccc6c(c5)oc5cc(-c7ccccc7)cc(-c7ccc(-c8ccccc8)cc7)c56)n4)cc3)cc2)cc1. The Morgan fingerprint density at radius 1 is 0.246 bits per heavy atom. The lowest BCUT2D eigenvalue weighted by molar-refractivity contribution is 0.669. The molecule has 0 radical (unpaired) electrons. The van der Waals surface area contributed by atoms with Crippen molar-refractivity contribution in [1.29, 1.82) is 0 Å². The van der Waals surface area contributed by atoms with Crippen LogP contribution in [0.4, 0.5) is 0 Å². The van der Waals surface area contributed by atoms with Crippen molar-refractivity contribution in [2.75, 3.05) is 0 Å². The lowest BCUT2D eigenvalue weighted by Crippen LogP contribution is -2.00. The number of hydrogen-bond donors (Lipinski definition) is 0. The number of rotatable bonds is 8.